The minimum Gasteiger partial charge on any atom is -0.496 e. The van der Waals surface area contributed by atoms with Crippen LogP contribution >= 0.6 is 0 Å². The number of carbonyl (C=O) groups is 1. The maximum atomic E-state index is 13.5. The molecule has 3 rings (SSSR count). The molecule has 1 aliphatic heterocycles. The molecule has 0 aliphatic carbocycles. The second-order valence-electron chi connectivity index (χ2n) is 8.39. The van der Waals surface area contributed by atoms with E-state index in [1.165, 1.54) is 40.7 Å². The van der Waals surface area contributed by atoms with Crippen molar-refractivity contribution >= 4 is 28.0 Å². The lowest BCUT2D eigenvalue weighted by Crippen LogP contribution is -2.49. The third-order valence-electron chi connectivity index (χ3n) is 6.04. The summed E-state index contributed by atoms with van der Waals surface area (Å²) in [6.45, 7) is 2.82. The molecular formula is C25H34N4O7S. The molecule has 0 spiro atoms. The predicted octanol–water partition coefficient (Wildman–Crippen LogP) is 1.86. The third-order valence-corrected chi connectivity index (χ3v) is 7.31. The number of anilines is 1. The first kappa shape index (κ1) is 28.2. The molecule has 37 heavy (non-hydrogen) atoms. The van der Waals surface area contributed by atoms with E-state index in [1.54, 1.807) is 30.3 Å². The van der Waals surface area contributed by atoms with E-state index in [0.29, 0.717) is 40.2 Å². The van der Waals surface area contributed by atoms with E-state index in [1.807, 2.05) is 11.9 Å². The van der Waals surface area contributed by atoms with Crippen LogP contribution < -0.4 is 23.3 Å². The first-order valence-corrected chi connectivity index (χ1v) is 13.1. The molecule has 0 bridgehead atoms. The number of likely N-dealkylation sites (N-methyl/N-ethyl adjacent to an activating group) is 1. The van der Waals surface area contributed by atoms with Gasteiger partial charge in [-0.1, -0.05) is 12.1 Å². The molecular weight excluding hydrogens is 500 g/mol. The van der Waals surface area contributed by atoms with Crippen LogP contribution in [-0.2, 0) is 21.4 Å². The molecule has 0 unspecified atom stereocenters. The summed E-state index contributed by atoms with van der Waals surface area (Å²) in [6.07, 6.45) is 1.29. The number of rotatable bonds is 11. The third kappa shape index (κ3) is 6.90. The second kappa shape index (κ2) is 12.7. The first-order chi connectivity index (χ1) is 17.7. The Hall–Kier alpha value is -3.35. The van der Waals surface area contributed by atoms with Crippen molar-refractivity contribution < 1.29 is 32.2 Å². The fourth-order valence-corrected chi connectivity index (χ4v) is 5.07. The van der Waals surface area contributed by atoms with E-state index in [2.05, 4.69) is 9.30 Å². The number of hydrogen-bond acceptors (Lipinski definition) is 9. The number of ether oxygens (including phenoxy) is 4. The Morgan fingerprint density at radius 3 is 2.11 bits per heavy atom. The van der Waals surface area contributed by atoms with E-state index in [4.69, 9.17) is 18.9 Å². The van der Waals surface area contributed by atoms with Gasteiger partial charge in [0.1, 0.15) is 28.7 Å². The molecule has 1 aliphatic rings. The van der Waals surface area contributed by atoms with Crippen LogP contribution in [0.5, 0.6) is 23.0 Å². The van der Waals surface area contributed by atoms with Crippen LogP contribution in [0.4, 0.5) is 5.69 Å². The zero-order valence-electron chi connectivity index (χ0n) is 21.8. The van der Waals surface area contributed by atoms with Crippen LogP contribution in [0.3, 0.4) is 0 Å². The van der Waals surface area contributed by atoms with Crippen LogP contribution in [0, 0.1) is 0 Å². The van der Waals surface area contributed by atoms with Gasteiger partial charge in [-0.3, -0.25) is 9.69 Å². The molecule has 0 atom stereocenters. The van der Waals surface area contributed by atoms with Crippen molar-refractivity contribution in [3.8, 4) is 23.0 Å². The Labute approximate surface area is 218 Å². The van der Waals surface area contributed by atoms with Crippen molar-refractivity contribution in [1.29, 1.82) is 0 Å². The van der Waals surface area contributed by atoms with Gasteiger partial charge in [-0.15, -0.1) is 0 Å². The number of para-hydroxylation sites is 2. The summed E-state index contributed by atoms with van der Waals surface area (Å²) in [6, 6.07) is 9.78. The summed E-state index contributed by atoms with van der Waals surface area (Å²) >= 11 is 0. The Bertz CT molecular complexity index is 1190. The monoisotopic (exact) mass is 534 g/mol. The van der Waals surface area contributed by atoms with Crippen LogP contribution in [0.2, 0.25) is 0 Å². The fraction of sp³-hybridized carbons (Fsp3) is 0.440. The normalized spacial score (nSPS) is 14.9. The van der Waals surface area contributed by atoms with E-state index in [0.717, 1.165) is 13.1 Å². The molecule has 1 heterocycles. The average molecular weight is 535 g/mol. The zero-order chi connectivity index (χ0) is 27.0. The van der Waals surface area contributed by atoms with E-state index in [-0.39, 0.29) is 24.4 Å². The van der Waals surface area contributed by atoms with Gasteiger partial charge in [-0.25, -0.2) is 0 Å². The van der Waals surface area contributed by atoms with Gasteiger partial charge < -0.3 is 23.8 Å². The van der Waals surface area contributed by atoms with E-state index >= 15 is 0 Å². The predicted molar refractivity (Wildman–Crippen MR) is 142 cm³/mol. The lowest BCUT2D eigenvalue weighted by molar-refractivity contribution is -0.119. The molecule has 2 aromatic carbocycles. The summed E-state index contributed by atoms with van der Waals surface area (Å²) < 4.78 is 53.0. The summed E-state index contributed by atoms with van der Waals surface area (Å²) in [4.78, 5) is 17.5. The van der Waals surface area contributed by atoms with Crippen molar-refractivity contribution in [2.24, 2.45) is 4.40 Å². The maximum Gasteiger partial charge on any atom is 0.351 e. The largest absolute Gasteiger partial charge is 0.496 e. The molecule has 1 fully saturated rings. The number of nitrogens with zero attached hydrogens (tertiary/aromatic N) is 4. The number of hydrogen-bond donors (Lipinski definition) is 0. The highest BCUT2D eigenvalue weighted by Gasteiger charge is 2.32. The number of methoxy groups -OCH3 is 4. The van der Waals surface area contributed by atoms with Crippen molar-refractivity contribution in [2.45, 2.75) is 6.42 Å². The molecule has 0 aromatic heterocycles. The minimum atomic E-state index is -4.46. The molecule has 11 nitrogen and oxygen atoms in total. The Morgan fingerprint density at radius 1 is 0.946 bits per heavy atom. The molecule has 0 N–H and O–H groups in total. The van der Waals surface area contributed by atoms with Gasteiger partial charge in [0.15, 0.2) is 0 Å². The summed E-state index contributed by atoms with van der Waals surface area (Å²) in [5.41, 5.74) is 0.679. The van der Waals surface area contributed by atoms with Crippen molar-refractivity contribution in [2.75, 3.05) is 72.5 Å². The lowest BCUT2D eigenvalue weighted by Gasteiger charge is -2.33. The van der Waals surface area contributed by atoms with Crippen LogP contribution in [0.15, 0.2) is 40.8 Å². The molecule has 12 heteroatoms. The average Bonchev–Trinajstić information content (AvgIpc) is 2.90. The van der Waals surface area contributed by atoms with Gasteiger partial charge in [-0.2, -0.15) is 17.1 Å². The summed E-state index contributed by atoms with van der Waals surface area (Å²) in [7, 11) is 3.47. The topological polar surface area (TPSA) is 110 Å². The van der Waals surface area contributed by atoms with Crippen LogP contribution in [0.25, 0.3) is 0 Å². The minimum absolute atomic E-state index is 0.0687. The van der Waals surface area contributed by atoms with Gasteiger partial charge in [-0.05, 0) is 19.2 Å². The highest BCUT2D eigenvalue weighted by molar-refractivity contribution is 7.92. The molecule has 1 saturated heterocycles. The number of piperazine rings is 1. The smallest absolute Gasteiger partial charge is 0.351 e. The molecule has 0 saturated carbocycles. The SMILES string of the molecule is COc1cc(OC)c(CC=NS(=O)(=O)N(C(=O)CN2CCN(C)CC2)c2ccccc2OC)c(OC)c1. The second-order valence-corrected chi connectivity index (χ2v) is 9.86. The highest BCUT2D eigenvalue weighted by Crippen LogP contribution is 2.34. The van der Waals surface area contributed by atoms with E-state index in [9.17, 15) is 13.2 Å². The van der Waals surface area contributed by atoms with Gasteiger partial charge in [0.05, 0.1) is 35.0 Å². The van der Waals surface area contributed by atoms with E-state index < -0.39 is 16.1 Å². The Kier molecular flexibility index (Phi) is 9.73. The van der Waals surface area contributed by atoms with Crippen molar-refractivity contribution in [1.82, 2.24) is 9.80 Å². The maximum absolute atomic E-state index is 13.5. The zero-order valence-corrected chi connectivity index (χ0v) is 22.7. The fourth-order valence-electron chi connectivity index (χ4n) is 4.00. The lowest BCUT2D eigenvalue weighted by atomic mass is 10.1. The Morgan fingerprint density at radius 2 is 1.54 bits per heavy atom. The van der Waals surface area contributed by atoms with Crippen LogP contribution in [-0.4, -0.2) is 98.6 Å². The molecule has 2 aromatic rings. The standard InChI is InChI=1S/C25H34N4O7S/c1-27-12-14-28(15-13-27)18-25(30)29(21-8-6-7-9-22(21)34-3)37(31,32)26-11-10-20-23(35-4)16-19(33-2)17-24(20)36-5/h6-9,11,16-17H,10,12-15,18H2,1-5H3. The molecule has 0 radical (unpaired) electrons. The number of benzene rings is 2. The molecule has 202 valence electrons. The molecule has 1 amide bonds. The summed E-state index contributed by atoms with van der Waals surface area (Å²) in [5, 5.41) is 0. The van der Waals surface area contributed by atoms with Crippen LogP contribution in [0.1, 0.15) is 5.56 Å². The van der Waals surface area contributed by atoms with Crippen molar-refractivity contribution in [3.63, 3.8) is 0 Å². The summed E-state index contributed by atoms with van der Waals surface area (Å²) in [5.74, 6) is 1.05. The van der Waals surface area contributed by atoms with Gasteiger partial charge in [0, 0.05) is 56.5 Å². The van der Waals surface area contributed by atoms with Gasteiger partial charge in [0.25, 0.3) is 5.91 Å². The van der Waals surface area contributed by atoms with Crippen molar-refractivity contribution in [3.05, 3.63) is 42.0 Å². The number of amides is 1. The van der Waals surface area contributed by atoms with Gasteiger partial charge in [0.2, 0.25) is 0 Å². The first-order valence-electron chi connectivity index (χ1n) is 11.7. The number of carbonyl (C=O) groups excluding carboxylic acids is 1. The highest BCUT2D eigenvalue weighted by atomic mass is 32.2. The quantitative estimate of drug-likeness (QED) is 0.399. The van der Waals surface area contributed by atoms with Gasteiger partial charge >= 0.3 is 10.2 Å². The Balaban J connectivity index is 1.92.